The summed E-state index contributed by atoms with van der Waals surface area (Å²) in [6.45, 7) is 2.85. The van der Waals surface area contributed by atoms with Crippen LogP contribution in [0.15, 0.2) is 17.5 Å². The summed E-state index contributed by atoms with van der Waals surface area (Å²) in [5, 5.41) is 4.75. The Balaban J connectivity index is 1.37. The molecule has 0 spiro atoms. The van der Waals surface area contributed by atoms with Crippen LogP contribution in [0.1, 0.15) is 42.3 Å². The first-order chi connectivity index (χ1) is 12.0. The number of ether oxygens (including phenoxy) is 1. The summed E-state index contributed by atoms with van der Waals surface area (Å²) in [5.74, 6) is -0.211. The number of carbonyl (C=O) groups is 3. The van der Waals surface area contributed by atoms with Crippen LogP contribution >= 0.6 is 11.3 Å². The Labute approximate surface area is 151 Å². The lowest BCUT2D eigenvalue weighted by atomic mass is 9.97. The van der Waals surface area contributed by atoms with E-state index >= 15 is 0 Å². The van der Waals surface area contributed by atoms with Gasteiger partial charge in [0, 0.05) is 19.1 Å². The first kappa shape index (κ1) is 17.9. The Morgan fingerprint density at radius 1 is 1.28 bits per heavy atom. The quantitative estimate of drug-likeness (QED) is 0.784. The normalized spacial score (nSPS) is 19.3. The van der Waals surface area contributed by atoms with Crippen LogP contribution in [-0.2, 0) is 14.3 Å². The average molecular weight is 364 g/mol. The highest BCUT2D eigenvalue weighted by atomic mass is 32.1. The van der Waals surface area contributed by atoms with E-state index in [0.717, 1.165) is 17.7 Å². The van der Waals surface area contributed by atoms with E-state index in [0.29, 0.717) is 31.8 Å². The predicted molar refractivity (Wildman–Crippen MR) is 94.2 cm³/mol. The molecule has 3 rings (SSSR count). The number of carbonyl (C=O) groups excluding carboxylic acids is 3. The molecular weight excluding hydrogens is 340 g/mol. The maximum Gasteiger partial charge on any atom is 0.309 e. The number of esters is 1. The second-order valence-electron chi connectivity index (χ2n) is 6.85. The van der Waals surface area contributed by atoms with E-state index in [1.54, 1.807) is 4.90 Å². The van der Waals surface area contributed by atoms with Crippen LogP contribution in [0.25, 0.3) is 0 Å². The van der Waals surface area contributed by atoms with Crippen molar-refractivity contribution < 1.29 is 19.1 Å². The molecule has 6 nitrogen and oxygen atoms in total. The highest BCUT2D eigenvalue weighted by Gasteiger charge is 2.31. The fourth-order valence-electron chi connectivity index (χ4n) is 3.14. The molecule has 2 aliphatic rings. The topological polar surface area (TPSA) is 75.7 Å². The van der Waals surface area contributed by atoms with Gasteiger partial charge in [-0.1, -0.05) is 6.07 Å². The third-order valence-electron chi connectivity index (χ3n) is 4.91. The van der Waals surface area contributed by atoms with Gasteiger partial charge in [-0.15, -0.1) is 11.3 Å². The lowest BCUT2D eigenvalue weighted by Gasteiger charge is -2.30. The fraction of sp³-hybridized carbons (Fsp3) is 0.611. The van der Waals surface area contributed by atoms with Crippen LogP contribution in [0.5, 0.6) is 0 Å². The molecule has 2 fully saturated rings. The molecule has 0 aromatic carbocycles. The van der Waals surface area contributed by atoms with Gasteiger partial charge in [0.2, 0.25) is 0 Å². The first-order valence-corrected chi connectivity index (χ1v) is 9.71. The number of nitrogens with one attached hydrogen (secondary N) is 1. The molecule has 1 saturated heterocycles. The number of rotatable bonds is 6. The lowest BCUT2D eigenvalue weighted by Crippen LogP contribution is -2.41. The van der Waals surface area contributed by atoms with Crippen LogP contribution in [0.3, 0.4) is 0 Å². The molecule has 0 unspecified atom stereocenters. The fourth-order valence-corrected chi connectivity index (χ4v) is 3.83. The molecule has 0 radical (unpaired) electrons. The summed E-state index contributed by atoms with van der Waals surface area (Å²) >= 11 is 1.43. The van der Waals surface area contributed by atoms with Gasteiger partial charge in [0.25, 0.3) is 11.8 Å². The van der Waals surface area contributed by atoms with Gasteiger partial charge in [-0.3, -0.25) is 14.4 Å². The molecule has 1 N–H and O–H groups in total. The minimum atomic E-state index is -0.336. The van der Waals surface area contributed by atoms with Crippen molar-refractivity contribution >= 4 is 29.1 Å². The van der Waals surface area contributed by atoms with Crippen molar-refractivity contribution in [1.82, 2.24) is 10.2 Å². The zero-order chi connectivity index (χ0) is 17.8. The monoisotopic (exact) mass is 364 g/mol. The van der Waals surface area contributed by atoms with E-state index in [1.807, 2.05) is 24.4 Å². The zero-order valence-corrected chi connectivity index (χ0v) is 15.2. The van der Waals surface area contributed by atoms with Gasteiger partial charge in [-0.05, 0) is 50.0 Å². The second kappa shape index (κ2) is 7.99. The molecule has 25 heavy (non-hydrogen) atoms. The number of amides is 2. The van der Waals surface area contributed by atoms with E-state index in [9.17, 15) is 14.4 Å². The number of thiophene rings is 1. The molecular formula is C18H24N2O4S. The highest BCUT2D eigenvalue weighted by molar-refractivity contribution is 7.12. The largest absolute Gasteiger partial charge is 0.455 e. The van der Waals surface area contributed by atoms with Crippen molar-refractivity contribution in [1.29, 1.82) is 0 Å². The number of hydrogen-bond acceptors (Lipinski definition) is 5. The highest BCUT2D eigenvalue weighted by Crippen LogP contribution is 2.32. The molecule has 0 bridgehead atoms. The summed E-state index contributed by atoms with van der Waals surface area (Å²) in [5.41, 5.74) is 0. The smallest absolute Gasteiger partial charge is 0.309 e. The van der Waals surface area contributed by atoms with Gasteiger partial charge in [0.05, 0.1) is 10.8 Å². The SMILES string of the molecule is C[C@H](NC(=O)COC(=O)C1CCN(C(=O)c2cccs2)CC1)C1CC1. The van der Waals surface area contributed by atoms with E-state index in [2.05, 4.69) is 5.32 Å². The maximum absolute atomic E-state index is 12.3. The van der Waals surface area contributed by atoms with Gasteiger partial charge in [0.1, 0.15) is 0 Å². The number of piperidine rings is 1. The third kappa shape index (κ3) is 4.81. The summed E-state index contributed by atoms with van der Waals surface area (Å²) in [6.07, 6.45) is 3.47. The number of likely N-dealkylation sites (tertiary alicyclic amines) is 1. The van der Waals surface area contributed by atoms with Crippen LogP contribution in [0, 0.1) is 11.8 Å². The van der Waals surface area contributed by atoms with Gasteiger partial charge in [0.15, 0.2) is 6.61 Å². The van der Waals surface area contributed by atoms with Crippen molar-refractivity contribution in [2.45, 2.75) is 38.6 Å². The molecule has 1 aliphatic heterocycles. The minimum Gasteiger partial charge on any atom is -0.455 e. The van der Waals surface area contributed by atoms with Crippen molar-refractivity contribution in [3.63, 3.8) is 0 Å². The van der Waals surface area contributed by atoms with Gasteiger partial charge in [-0.25, -0.2) is 0 Å². The molecule has 1 aromatic rings. The zero-order valence-electron chi connectivity index (χ0n) is 14.4. The van der Waals surface area contributed by atoms with E-state index in [1.165, 1.54) is 11.3 Å². The van der Waals surface area contributed by atoms with E-state index in [4.69, 9.17) is 4.74 Å². The summed E-state index contributed by atoms with van der Waals surface area (Å²) < 4.78 is 5.16. The standard InChI is InChI=1S/C18H24N2O4S/c1-12(13-4-5-13)19-16(21)11-24-18(23)14-6-8-20(9-7-14)17(22)15-3-2-10-25-15/h2-3,10,12-14H,4-9,11H2,1H3,(H,19,21)/t12-/m0/s1. The van der Waals surface area contributed by atoms with Crippen molar-refractivity contribution in [2.75, 3.05) is 19.7 Å². The van der Waals surface area contributed by atoms with Crippen molar-refractivity contribution in [3.8, 4) is 0 Å². The Bertz CT molecular complexity index is 619. The molecule has 1 atom stereocenters. The molecule has 1 aromatic heterocycles. The van der Waals surface area contributed by atoms with Gasteiger partial charge < -0.3 is 15.0 Å². The van der Waals surface area contributed by atoms with E-state index in [-0.39, 0.29) is 36.4 Å². The number of hydrogen-bond donors (Lipinski definition) is 1. The summed E-state index contributed by atoms with van der Waals surface area (Å²) in [6, 6.07) is 3.82. The molecule has 2 amide bonds. The van der Waals surface area contributed by atoms with Gasteiger partial charge >= 0.3 is 5.97 Å². The predicted octanol–water partition coefficient (Wildman–Crippen LogP) is 2.06. The van der Waals surface area contributed by atoms with Crippen LogP contribution in [0.2, 0.25) is 0 Å². The Morgan fingerprint density at radius 3 is 2.60 bits per heavy atom. The van der Waals surface area contributed by atoms with Crippen LogP contribution in [-0.4, -0.2) is 48.4 Å². The van der Waals surface area contributed by atoms with Crippen molar-refractivity contribution in [2.24, 2.45) is 11.8 Å². The van der Waals surface area contributed by atoms with Crippen molar-refractivity contribution in [3.05, 3.63) is 22.4 Å². The first-order valence-electron chi connectivity index (χ1n) is 8.83. The third-order valence-corrected chi connectivity index (χ3v) is 5.77. The minimum absolute atomic E-state index is 0.0234. The Kier molecular flexibility index (Phi) is 5.73. The molecule has 1 saturated carbocycles. The lowest BCUT2D eigenvalue weighted by molar-refractivity contribution is -0.154. The molecule has 2 heterocycles. The Hall–Kier alpha value is -1.89. The molecule has 136 valence electrons. The van der Waals surface area contributed by atoms with Gasteiger partial charge in [-0.2, -0.15) is 0 Å². The molecule has 1 aliphatic carbocycles. The van der Waals surface area contributed by atoms with E-state index < -0.39 is 0 Å². The summed E-state index contributed by atoms with van der Waals surface area (Å²) in [4.78, 5) is 38.7. The van der Waals surface area contributed by atoms with Crippen LogP contribution < -0.4 is 5.32 Å². The second-order valence-corrected chi connectivity index (χ2v) is 7.79. The maximum atomic E-state index is 12.3. The summed E-state index contributed by atoms with van der Waals surface area (Å²) in [7, 11) is 0. The molecule has 7 heteroatoms. The average Bonchev–Trinajstić information content (AvgIpc) is 3.34. The Morgan fingerprint density at radius 2 is 2.00 bits per heavy atom. The number of nitrogens with zero attached hydrogens (tertiary/aromatic N) is 1. The van der Waals surface area contributed by atoms with Crippen LogP contribution in [0.4, 0.5) is 0 Å².